The number of nitrogens with two attached hydrogens (primary N) is 1. The van der Waals surface area contributed by atoms with Gasteiger partial charge in [-0.2, -0.15) is 0 Å². The third-order valence-electron chi connectivity index (χ3n) is 4.66. The molecule has 1 aromatic heterocycles. The SMILES string of the molecule is Cc1[nH]c(=O)[nH]c(=O)c1-c1ccc(C(=O)N2CCCC(C(N)=O)C2)cc1. The molecule has 1 aliphatic heterocycles. The van der Waals surface area contributed by atoms with Crippen LogP contribution >= 0.6 is 0 Å². The molecule has 0 aliphatic carbocycles. The molecule has 0 saturated carbocycles. The van der Waals surface area contributed by atoms with Crippen LogP contribution in [0.2, 0.25) is 0 Å². The average molecular weight is 356 g/mol. The quantitative estimate of drug-likeness (QED) is 0.734. The summed E-state index contributed by atoms with van der Waals surface area (Å²) in [6.45, 7) is 2.56. The summed E-state index contributed by atoms with van der Waals surface area (Å²) in [6.07, 6.45) is 1.44. The van der Waals surface area contributed by atoms with E-state index in [2.05, 4.69) is 9.97 Å². The van der Waals surface area contributed by atoms with Crippen LogP contribution in [0, 0.1) is 12.8 Å². The zero-order valence-corrected chi connectivity index (χ0v) is 14.4. The second kappa shape index (κ2) is 6.99. The molecule has 2 heterocycles. The monoisotopic (exact) mass is 356 g/mol. The molecule has 2 aromatic rings. The Kier molecular flexibility index (Phi) is 4.75. The van der Waals surface area contributed by atoms with Gasteiger partial charge in [0.2, 0.25) is 5.91 Å². The normalized spacial score (nSPS) is 17.1. The Bertz CT molecular complexity index is 958. The molecule has 1 atom stereocenters. The first-order chi connectivity index (χ1) is 12.4. The fraction of sp³-hybridized carbons (Fsp3) is 0.333. The number of carbonyl (C=O) groups is 2. The maximum Gasteiger partial charge on any atom is 0.325 e. The molecule has 1 fully saturated rings. The van der Waals surface area contributed by atoms with Gasteiger partial charge in [0.15, 0.2) is 0 Å². The standard InChI is InChI=1S/C18H20N4O4/c1-10-14(16(24)21-18(26)20-10)11-4-6-12(7-5-11)17(25)22-8-2-3-13(9-22)15(19)23/h4-7,13H,2-3,8-9H2,1H3,(H2,19,23)(H2,20,21,24,26). The average Bonchev–Trinajstić information content (AvgIpc) is 2.61. The maximum atomic E-state index is 12.7. The van der Waals surface area contributed by atoms with E-state index in [4.69, 9.17) is 5.73 Å². The Morgan fingerprint density at radius 2 is 1.85 bits per heavy atom. The molecule has 4 N–H and O–H groups in total. The van der Waals surface area contributed by atoms with Gasteiger partial charge >= 0.3 is 5.69 Å². The van der Waals surface area contributed by atoms with Gasteiger partial charge in [0.25, 0.3) is 11.5 Å². The molecule has 1 aliphatic rings. The topological polar surface area (TPSA) is 129 Å². The number of aryl methyl sites for hydroxylation is 1. The fourth-order valence-corrected chi connectivity index (χ4v) is 3.30. The summed E-state index contributed by atoms with van der Waals surface area (Å²) in [5, 5.41) is 0. The van der Waals surface area contributed by atoms with Gasteiger partial charge in [0, 0.05) is 24.3 Å². The van der Waals surface area contributed by atoms with Crippen molar-refractivity contribution in [2.24, 2.45) is 11.7 Å². The number of hydrogen-bond acceptors (Lipinski definition) is 4. The molecule has 0 spiro atoms. The number of benzene rings is 1. The van der Waals surface area contributed by atoms with Gasteiger partial charge in [-0.3, -0.25) is 19.4 Å². The lowest BCUT2D eigenvalue weighted by Crippen LogP contribution is -2.44. The van der Waals surface area contributed by atoms with E-state index in [1.54, 1.807) is 36.1 Å². The number of likely N-dealkylation sites (tertiary alicyclic amines) is 1. The highest BCUT2D eigenvalue weighted by molar-refractivity contribution is 5.95. The van der Waals surface area contributed by atoms with Crippen LogP contribution in [0.15, 0.2) is 33.9 Å². The van der Waals surface area contributed by atoms with E-state index in [0.29, 0.717) is 41.9 Å². The van der Waals surface area contributed by atoms with Crippen LogP contribution in [0.5, 0.6) is 0 Å². The predicted octanol–water partition coefficient (Wildman–Crippen LogP) is 0.376. The highest BCUT2D eigenvalue weighted by atomic mass is 16.2. The summed E-state index contributed by atoms with van der Waals surface area (Å²) in [7, 11) is 0. The number of nitrogens with one attached hydrogen (secondary N) is 2. The second-order valence-electron chi connectivity index (χ2n) is 6.48. The van der Waals surface area contributed by atoms with Crippen LogP contribution in [0.4, 0.5) is 0 Å². The van der Waals surface area contributed by atoms with E-state index in [0.717, 1.165) is 6.42 Å². The largest absolute Gasteiger partial charge is 0.369 e. The third kappa shape index (κ3) is 3.44. The summed E-state index contributed by atoms with van der Waals surface area (Å²) in [5.41, 5.74) is 6.20. The maximum absolute atomic E-state index is 12.7. The summed E-state index contributed by atoms with van der Waals surface area (Å²) in [4.78, 5) is 53.7. The van der Waals surface area contributed by atoms with Crippen molar-refractivity contribution in [1.29, 1.82) is 0 Å². The first-order valence-electron chi connectivity index (χ1n) is 8.39. The highest BCUT2D eigenvalue weighted by Crippen LogP contribution is 2.21. The van der Waals surface area contributed by atoms with Crippen LogP contribution < -0.4 is 17.0 Å². The van der Waals surface area contributed by atoms with E-state index in [9.17, 15) is 19.2 Å². The van der Waals surface area contributed by atoms with Crippen LogP contribution in [0.3, 0.4) is 0 Å². The van der Waals surface area contributed by atoms with E-state index >= 15 is 0 Å². The number of aromatic nitrogens is 2. The lowest BCUT2D eigenvalue weighted by Gasteiger charge is -2.31. The van der Waals surface area contributed by atoms with Crippen molar-refractivity contribution >= 4 is 11.8 Å². The molecule has 2 amide bonds. The molecule has 26 heavy (non-hydrogen) atoms. The molecule has 136 valence electrons. The van der Waals surface area contributed by atoms with Gasteiger partial charge in [-0.1, -0.05) is 12.1 Å². The first kappa shape index (κ1) is 17.7. The van der Waals surface area contributed by atoms with E-state index in [1.807, 2.05) is 0 Å². The van der Waals surface area contributed by atoms with Crippen LogP contribution in [0.1, 0.15) is 28.9 Å². The Hall–Kier alpha value is -3.16. The first-order valence-corrected chi connectivity index (χ1v) is 8.39. The third-order valence-corrected chi connectivity index (χ3v) is 4.66. The van der Waals surface area contributed by atoms with E-state index < -0.39 is 11.2 Å². The highest BCUT2D eigenvalue weighted by Gasteiger charge is 2.27. The number of nitrogens with zero attached hydrogens (tertiary/aromatic N) is 1. The van der Waals surface area contributed by atoms with Gasteiger partial charge < -0.3 is 15.6 Å². The Morgan fingerprint density at radius 1 is 1.15 bits per heavy atom. The molecule has 1 unspecified atom stereocenters. The minimum absolute atomic E-state index is 0.172. The van der Waals surface area contributed by atoms with Gasteiger partial charge in [0.1, 0.15) is 0 Å². The number of primary amides is 1. The summed E-state index contributed by atoms with van der Waals surface area (Å²) in [5.74, 6) is -0.866. The van der Waals surface area contributed by atoms with Gasteiger partial charge in [-0.15, -0.1) is 0 Å². The number of H-pyrrole nitrogens is 2. The molecule has 0 bridgehead atoms. The molecule has 3 rings (SSSR count). The molecule has 8 heteroatoms. The fourth-order valence-electron chi connectivity index (χ4n) is 3.30. The Morgan fingerprint density at radius 3 is 2.46 bits per heavy atom. The molecule has 1 saturated heterocycles. The number of carbonyl (C=O) groups excluding carboxylic acids is 2. The summed E-state index contributed by atoms with van der Waals surface area (Å²) < 4.78 is 0. The van der Waals surface area contributed by atoms with Crippen molar-refractivity contribution in [3.05, 3.63) is 56.4 Å². The van der Waals surface area contributed by atoms with Crippen molar-refractivity contribution < 1.29 is 9.59 Å². The Labute approximate surface area is 149 Å². The summed E-state index contributed by atoms with van der Waals surface area (Å²) in [6, 6.07) is 6.60. The number of rotatable bonds is 3. The van der Waals surface area contributed by atoms with Crippen LogP contribution in [-0.2, 0) is 4.79 Å². The van der Waals surface area contributed by atoms with Gasteiger partial charge in [0.05, 0.1) is 11.5 Å². The molecular formula is C18H20N4O4. The molecule has 1 aromatic carbocycles. The summed E-state index contributed by atoms with van der Waals surface area (Å²) >= 11 is 0. The van der Waals surface area contributed by atoms with Crippen molar-refractivity contribution in [2.45, 2.75) is 19.8 Å². The zero-order valence-electron chi connectivity index (χ0n) is 14.4. The lowest BCUT2D eigenvalue weighted by molar-refractivity contribution is -0.123. The number of hydrogen-bond donors (Lipinski definition) is 3. The van der Waals surface area contributed by atoms with Crippen molar-refractivity contribution in [3.8, 4) is 11.1 Å². The second-order valence-corrected chi connectivity index (χ2v) is 6.48. The van der Waals surface area contributed by atoms with Crippen molar-refractivity contribution in [3.63, 3.8) is 0 Å². The van der Waals surface area contributed by atoms with Crippen molar-refractivity contribution in [1.82, 2.24) is 14.9 Å². The zero-order chi connectivity index (χ0) is 18.8. The van der Waals surface area contributed by atoms with E-state index in [1.165, 1.54) is 0 Å². The molecule has 8 nitrogen and oxygen atoms in total. The lowest BCUT2D eigenvalue weighted by atomic mass is 9.96. The number of amides is 2. The van der Waals surface area contributed by atoms with Crippen LogP contribution in [-0.4, -0.2) is 39.8 Å². The van der Waals surface area contributed by atoms with Crippen LogP contribution in [0.25, 0.3) is 11.1 Å². The minimum atomic E-state index is -0.558. The van der Waals surface area contributed by atoms with Gasteiger partial charge in [-0.25, -0.2) is 4.79 Å². The Balaban J connectivity index is 1.84. The van der Waals surface area contributed by atoms with Crippen molar-refractivity contribution in [2.75, 3.05) is 13.1 Å². The van der Waals surface area contributed by atoms with E-state index in [-0.39, 0.29) is 17.7 Å². The molecule has 0 radical (unpaired) electrons. The number of aromatic amines is 2. The predicted molar refractivity (Wildman–Crippen MR) is 95.7 cm³/mol. The molecular weight excluding hydrogens is 336 g/mol. The smallest absolute Gasteiger partial charge is 0.325 e. The number of piperidine rings is 1. The van der Waals surface area contributed by atoms with Gasteiger partial charge in [-0.05, 0) is 37.5 Å². The minimum Gasteiger partial charge on any atom is -0.369 e.